The molecule has 0 heterocycles. The lowest BCUT2D eigenvalue weighted by Gasteiger charge is -2.18. The molecule has 0 radical (unpaired) electrons. The van der Waals surface area contributed by atoms with Crippen molar-refractivity contribution in [3.05, 3.63) is 36.4 Å². The molecule has 1 aromatic carbocycles. The van der Waals surface area contributed by atoms with E-state index in [4.69, 9.17) is 15.9 Å². The third-order valence-corrected chi connectivity index (χ3v) is 2.69. The summed E-state index contributed by atoms with van der Waals surface area (Å²) < 4.78 is 11.5. The van der Waals surface area contributed by atoms with Crippen molar-refractivity contribution < 1.29 is 9.47 Å². The van der Waals surface area contributed by atoms with E-state index in [0.29, 0.717) is 19.7 Å². The second kappa shape index (κ2) is 9.06. The standard InChI is InChI=1S/C17H23NO2/c1-5-8-15-12-16(19-7-3)9-10-17(15)20-14(4)13-18-11-6-2/h2,5,9-10,12,14,18H,1,7-8,11,13H2,3-4H3. The van der Waals surface area contributed by atoms with Crippen molar-refractivity contribution in [2.75, 3.05) is 19.7 Å². The smallest absolute Gasteiger partial charge is 0.123 e. The summed E-state index contributed by atoms with van der Waals surface area (Å²) in [5.41, 5.74) is 1.08. The minimum atomic E-state index is 0.0462. The van der Waals surface area contributed by atoms with E-state index in [-0.39, 0.29) is 6.10 Å². The number of nitrogens with one attached hydrogen (secondary N) is 1. The molecular formula is C17H23NO2. The minimum absolute atomic E-state index is 0.0462. The Morgan fingerprint density at radius 2 is 2.30 bits per heavy atom. The number of benzene rings is 1. The Morgan fingerprint density at radius 3 is 2.95 bits per heavy atom. The highest BCUT2D eigenvalue weighted by atomic mass is 16.5. The molecule has 3 heteroatoms. The van der Waals surface area contributed by atoms with Gasteiger partial charge in [-0.25, -0.2) is 0 Å². The molecule has 0 aliphatic rings. The van der Waals surface area contributed by atoms with Crippen molar-refractivity contribution in [3.8, 4) is 23.8 Å². The second-order valence-electron chi connectivity index (χ2n) is 4.46. The number of allylic oxidation sites excluding steroid dienone is 1. The number of rotatable bonds is 9. The SMILES string of the molecule is C#CCNCC(C)Oc1ccc(OCC)cc1CC=C. The molecule has 1 atom stereocenters. The predicted molar refractivity (Wildman–Crippen MR) is 83.3 cm³/mol. The van der Waals surface area contributed by atoms with Crippen LogP contribution in [0.2, 0.25) is 0 Å². The molecule has 1 unspecified atom stereocenters. The Bertz CT molecular complexity index is 463. The first kappa shape index (κ1) is 16.1. The average Bonchev–Trinajstić information content (AvgIpc) is 2.43. The van der Waals surface area contributed by atoms with Gasteiger partial charge in [-0.2, -0.15) is 0 Å². The monoisotopic (exact) mass is 273 g/mol. The fourth-order valence-corrected chi connectivity index (χ4v) is 1.85. The Hall–Kier alpha value is -1.92. The van der Waals surface area contributed by atoms with Crippen molar-refractivity contribution >= 4 is 0 Å². The first-order valence-electron chi connectivity index (χ1n) is 6.88. The lowest BCUT2D eigenvalue weighted by molar-refractivity contribution is 0.217. The van der Waals surface area contributed by atoms with Gasteiger partial charge in [0, 0.05) is 12.1 Å². The average molecular weight is 273 g/mol. The van der Waals surface area contributed by atoms with Gasteiger partial charge in [-0.15, -0.1) is 13.0 Å². The number of hydrogen-bond acceptors (Lipinski definition) is 3. The Kier molecular flexibility index (Phi) is 7.31. The van der Waals surface area contributed by atoms with Gasteiger partial charge in [-0.05, 0) is 38.5 Å². The molecule has 0 amide bonds. The van der Waals surface area contributed by atoms with E-state index in [9.17, 15) is 0 Å². The highest BCUT2D eigenvalue weighted by Gasteiger charge is 2.09. The lowest BCUT2D eigenvalue weighted by atomic mass is 10.1. The Labute approximate surface area is 122 Å². The van der Waals surface area contributed by atoms with E-state index in [0.717, 1.165) is 23.5 Å². The Morgan fingerprint density at radius 1 is 1.50 bits per heavy atom. The Balaban J connectivity index is 2.72. The molecular weight excluding hydrogens is 250 g/mol. The lowest BCUT2D eigenvalue weighted by Crippen LogP contribution is -2.29. The highest BCUT2D eigenvalue weighted by Crippen LogP contribution is 2.26. The fraction of sp³-hybridized carbons (Fsp3) is 0.412. The van der Waals surface area contributed by atoms with Crippen LogP contribution in [0.3, 0.4) is 0 Å². The van der Waals surface area contributed by atoms with Gasteiger partial charge in [0.25, 0.3) is 0 Å². The van der Waals surface area contributed by atoms with E-state index in [1.807, 2.05) is 38.1 Å². The summed E-state index contributed by atoms with van der Waals surface area (Å²) in [5, 5.41) is 3.13. The summed E-state index contributed by atoms with van der Waals surface area (Å²) in [6.07, 6.45) is 7.86. The zero-order valence-corrected chi connectivity index (χ0v) is 12.3. The zero-order valence-electron chi connectivity index (χ0n) is 12.3. The zero-order chi connectivity index (χ0) is 14.8. The van der Waals surface area contributed by atoms with Gasteiger partial charge in [-0.3, -0.25) is 0 Å². The van der Waals surface area contributed by atoms with Crippen molar-refractivity contribution in [1.82, 2.24) is 5.32 Å². The van der Waals surface area contributed by atoms with Gasteiger partial charge in [0.2, 0.25) is 0 Å². The summed E-state index contributed by atoms with van der Waals surface area (Å²) >= 11 is 0. The van der Waals surface area contributed by atoms with Crippen LogP contribution in [0.15, 0.2) is 30.9 Å². The molecule has 0 fully saturated rings. The number of hydrogen-bond donors (Lipinski definition) is 1. The van der Waals surface area contributed by atoms with Crippen LogP contribution >= 0.6 is 0 Å². The molecule has 0 aliphatic heterocycles. The van der Waals surface area contributed by atoms with E-state index < -0.39 is 0 Å². The maximum absolute atomic E-state index is 5.94. The van der Waals surface area contributed by atoms with Crippen LogP contribution in [-0.2, 0) is 6.42 Å². The van der Waals surface area contributed by atoms with E-state index >= 15 is 0 Å². The molecule has 0 spiro atoms. The van der Waals surface area contributed by atoms with Crippen LogP contribution in [0.25, 0.3) is 0 Å². The van der Waals surface area contributed by atoms with Gasteiger partial charge in [-0.1, -0.05) is 12.0 Å². The molecule has 3 nitrogen and oxygen atoms in total. The van der Waals surface area contributed by atoms with Gasteiger partial charge in [0.05, 0.1) is 13.2 Å². The van der Waals surface area contributed by atoms with Gasteiger partial charge < -0.3 is 14.8 Å². The van der Waals surface area contributed by atoms with Crippen LogP contribution in [0.4, 0.5) is 0 Å². The van der Waals surface area contributed by atoms with E-state index in [1.165, 1.54) is 0 Å². The van der Waals surface area contributed by atoms with Crippen LogP contribution in [0, 0.1) is 12.3 Å². The van der Waals surface area contributed by atoms with Crippen LogP contribution in [0.5, 0.6) is 11.5 Å². The second-order valence-corrected chi connectivity index (χ2v) is 4.46. The molecule has 1 aromatic rings. The molecule has 1 rings (SSSR count). The van der Waals surface area contributed by atoms with E-state index in [2.05, 4.69) is 17.8 Å². The van der Waals surface area contributed by atoms with Gasteiger partial charge >= 0.3 is 0 Å². The first-order valence-corrected chi connectivity index (χ1v) is 6.88. The fourth-order valence-electron chi connectivity index (χ4n) is 1.85. The largest absolute Gasteiger partial charge is 0.494 e. The summed E-state index contributed by atoms with van der Waals surface area (Å²) in [5.74, 6) is 4.26. The van der Waals surface area contributed by atoms with Crippen molar-refractivity contribution in [3.63, 3.8) is 0 Å². The molecule has 0 bridgehead atoms. The molecule has 0 aliphatic carbocycles. The van der Waals surface area contributed by atoms with Crippen LogP contribution in [-0.4, -0.2) is 25.8 Å². The third kappa shape index (κ3) is 5.38. The first-order chi connectivity index (χ1) is 9.71. The topological polar surface area (TPSA) is 30.5 Å². The maximum Gasteiger partial charge on any atom is 0.123 e. The summed E-state index contributed by atoms with van der Waals surface area (Å²) in [4.78, 5) is 0. The van der Waals surface area contributed by atoms with Crippen LogP contribution in [0.1, 0.15) is 19.4 Å². The number of terminal acetylenes is 1. The summed E-state index contributed by atoms with van der Waals surface area (Å²) in [7, 11) is 0. The molecule has 20 heavy (non-hydrogen) atoms. The van der Waals surface area contributed by atoms with Crippen LogP contribution < -0.4 is 14.8 Å². The molecule has 0 saturated heterocycles. The normalized spacial score (nSPS) is 11.4. The van der Waals surface area contributed by atoms with Crippen molar-refractivity contribution in [2.24, 2.45) is 0 Å². The molecule has 108 valence electrons. The summed E-state index contributed by atoms with van der Waals surface area (Å²) in [6.45, 7) is 9.68. The van der Waals surface area contributed by atoms with Gasteiger partial charge in [0.1, 0.15) is 17.6 Å². The molecule has 0 saturated carbocycles. The van der Waals surface area contributed by atoms with Crippen molar-refractivity contribution in [2.45, 2.75) is 26.4 Å². The van der Waals surface area contributed by atoms with E-state index in [1.54, 1.807) is 0 Å². The third-order valence-electron chi connectivity index (χ3n) is 2.69. The summed E-state index contributed by atoms with van der Waals surface area (Å²) in [6, 6.07) is 5.87. The van der Waals surface area contributed by atoms with Crippen molar-refractivity contribution in [1.29, 1.82) is 0 Å². The minimum Gasteiger partial charge on any atom is -0.494 e. The quantitative estimate of drug-likeness (QED) is 0.426. The predicted octanol–water partition coefficient (Wildman–Crippen LogP) is 2.80. The maximum atomic E-state index is 5.94. The highest BCUT2D eigenvalue weighted by molar-refractivity contribution is 5.41. The van der Waals surface area contributed by atoms with Gasteiger partial charge in [0.15, 0.2) is 0 Å². The molecule has 0 aromatic heterocycles. The molecule has 1 N–H and O–H groups in total. The number of ether oxygens (including phenoxy) is 2.